The summed E-state index contributed by atoms with van der Waals surface area (Å²) in [7, 11) is 0. The van der Waals surface area contributed by atoms with Gasteiger partial charge in [0.2, 0.25) is 0 Å². The summed E-state index contributed by atoms with van der Waals surface area (Å²) in [4.78, 5) is 17.8. The highest BCUT2D eigenvalue weighted by Gasteiger charge is 2.39. The average molecular weight is 652 g/mol. The number of alkyl halides is 6. The molecule has 0 bridgehead atoms. The zero-order valence-corrected chi connectivity index (χ0v) is 24.3. The van der Waals surface area contributed by atoms with Gasteiger partial charge in [0, 0.05) is 30.3 Å². The Morgan fingerprint density at radius 2 is 0.978 bits per heavy atom. The zero-order chi connectivity index (χ0) is 33.5. The molecule has 9 nitrogen and oxygen atoms in total. The van der Waals surface area contributed by atoms with Crippen LogP contribution in [0.1, 0.15) is 42.9 Å². The van der Waals surface area contributed by atoms with Gasteiger partial charge in [-0.05, 0) is 61.0 Å². The number of aliphatic carboxylic acids is 2. The number of carboxylic acids is 2. The fourth-order valence-corrected chi connectivity index (χ4v) is 4.80. The first-order valence-corrected chi connectivity index (χ1v) is 14.3. The Morgan fingerprint density at radius 3 is 1.24 bits per heavy atom. The van der Waals surface area contributed by atoms with Gasteiger partial charge in [-0.3, -0.25) is 0 Å². The first-order chi connectivity index (χ1) is 21.8. The number of benzene rings is 2. The molecule has 3 heterocycles. The van der Waals surface area contributed by atoms with Gasteiger partial charge in [-0.25, -0.2) is 9.59 Å². The van der Waals surface area contributed by atoms with Crippen molar-refractivity contribution in [3.63, 3.8) is 0 Å². The highest BCUT2D eigenvalue weighted by atomic mass is 19.4. The Bertz CT molecular complexity index is 1460. The molecule has 0 saturated heterocycles. The van der Waals surface area contributed by atoms with Crippen molar-refractivity contribution in [1.29, 1.82) is 0 Å². The number of rotatable bonds is 5. The number of carboxylic acid groups (broad SMARTS) is 2. The van der Waals surface area contributed by atoms with Gasteiger partial charge in [-0.2, -0.15) is 26.3 Å². The molecule has 1 aliphatic carbocycles. The van der Waals surface area contributed by atoms with Crippen LogP contribution in [0, 0.1) is 0 Å². The Kier molecular flexibility index (Phi) is 11.0. The van der Waals surface area contributed by atoms with Gasteiger partial charge in [0.1, 0.15) is 0 Å². The van der Waals surface area contributed by atoms with Crippen LogP contribution in [-0.2, 0) is 9.59 Å². The van der Waals surface area contributed by atoms with Crippen molar-refractivity contribution < 1.29 is 46.1 Å². The second kappa shape index (κ2) is 14.7. The molecule has 46 heavy (non-hydrogen) atoms. The van der Waals surface area contributed by atoms with Crippen LogP contribution in [0.5, 0.6) is 0 Å². The minimum atomic E-state index is -5.08. The molecule has 4 N–H and O–H groups in total. The molecule has 0 atom stereocenters. The second-order valence-electron chi connectivity index (χ2n) is 10.6. The highest BCUT2D eigenvalue weighted by molar-refractivity contribution is 5.74. The van der Waals surface area contributed by atoms with E-state index < -0.39 is 24.3 Å². The third-order valence-corrected chi connectivity index (χ3v) is 7.25. The van der Waals surface area contributed by atoms with E-state index in [0.717, 1.165) is 61.8 Å². The monoisotopic (exact) mass is 651 g/mol. The minimum Gasteiger partial charge on any atom is -0.475 e. The Hall–Kier alpha value is -4.50. The van der Waals surface area contributed by atoms with E-state index in [0.29, 0.717) is 6.04 Å². The molecule has 6 rings (SSSR count). The maximum absolute atomic E-state index is 10.6. The largest absolute Gasteiger partial charge is 0.490 e. The van der Waals surface area contributed by atoms with Crippen LogP contribution in [0.25, 0.3) is 33.9 Å². The number of nitrogens with one attached hydrogen (secondary N) is 2. The van der Waals surface area contributed by atoms with Crippen molar-refractivity contribution in [2.24, 2.45) is 0 Å². The van der Waals surface area contributed by atoms with Gasteiger partial charge in [-0.1, -0.05) is 60.7 Å². The third-order valence-electron chi connectivity index (χ3n) is 7.25. The number of nitrogens with zero attached hydrogens (tertiary/aromatic N) is 3. The van der Waals surface area contributed by atoms with Crippen LogP contribution >= 0.6 is 0 Å². The standard InChI is InChI=1S/C27H29N5.2C2HF3O2/c1-5-23(6-2-19(1)21-11-15-28-16-12-21)26-30-31-27(32(26)25-9-10-25)24-7-3-20(4-8-24)22-13-17-29-18-14-22;2*3-2(4,5)1(6)7/h1-8,11,13,25,28-29H,9-10,12,14-18H2;2*(H,6,7). The van der Waals surface area contributed by atoms with Crippen LogP contribution < -0.4 is 10.6 Å². The van der Waals surface area contributed by atoms with E-state index in [1.165, 1.54) is 35.1 Å². The minimum absolute atomic E-state index is 0.508. The molecule has 1 saturated carbocycles. The van der Waals surface area contributed by atoms with Crippen LogP contribution in [0.2, 0.25) is 0 Å². The van der Waals surface area contributed by atoms with Crippen LogP contribution in [0.15, 0.2) is 60.7 Å². The Balaban J connectivity index is 0.000000289. The van der Waals surface area contributed by atoms with E-state index in [4.69, 9.17) is 19.8 Å². The summed E-state index contributed by atoms with van der Waals surface area (Å²) in [5, 5.41) is 30.3. The summed E-state index contributed by atoms with van der Waals surface area (Å²) in [6.45, 7) is 4.03. The lowest BCUT2D eigenvalue weighted by Crippen LogP contribution is -2.21. The lowest BCUT2D eigenvalue weighted by atomic mass is 9.99. The number of hydrogen-bond acceptors (Lipinski definition) is 6. The highest BCUT2D eigenvalue weighted by Crippen LogP contribution is 2.41. The van der Waals surface area contributed by atoms with E-state index in [1.807, 2.05) is 0 Å². The van der Waals surface area contributed by atoms with E-state index >= 15 is 0 Å². The smallest absolute Gasteiger partial charge is 0.475 e. The molecule has 1 aromatic heterocycles. The van der Waals surface area contributed by atoms with Gasteiger partial charge in [0.05, 0.1) is 0 Å². The van der Waals surface area contributed by atoms with Gasteiger partial charge >= 0.3 is 24.3 Å². The molecular formula is C31H31F6N5O4. The summed E-state index contributed by atoms with van der Waals surface area (Å²) in [5.74, 6) is -3.54. The van der Waals surface area contributed by atoms with Crippen molar-refractivity contribution >= 4 is 23.1 Å². The van der Waals surface area contributed by atoms with Crippen molar-refractivity contribution in [2.75, 3.05) is 26.2 Å². The van der Waals surface area contributed by atoms with Crippen LogP contribution in [0.4, 0.5) is 26.3 Å². The summed E-state index contributed by atoms with van der Waals surface area (Å²) < 4.78 is 65.8. The predicted octanol–water partition coefficient (Wildman–Crippen LogP) is 5.97. The summed E-state index contributed by atoms with van der Waals surface area (Å²) in [6.07, 6.45) is -0.988. The predicted molar refractivity (Wildman–Crippen MR) is 157 cm³/mol. The van der Waals surface area contributed by atoms with Gasteiger partial charge in [0.25, 0.3) is 0 Å². The summed E-state index contributed by atoms with van der Waals surface area (Å²) in [6, 6.07) is 18.3. The molecule has 0 radical (unpaired) electrons. The molecular weight excluding hydrogens is 620 g/mol. The number of hydrogen-bond donors (Lipinski definition) is 4. The molecule has 0 amide bonds. The van der Waals surface area contributed by atoms with E-state index in [1.54, 1.807) is 0 Å². The van der Waals surface area contributed by atoms with Crippen LogP contribution in [-0.4, -0.2) is 75.4 Å². The van der Waals surface area contributed by atoms with Crippen molar-refractivity contribution in [3.05, 3.63) is 71.8 Å². The zero-order valence-electron chi connectivity index (χ0n) is 24.3. The van der Waals surface area contributed by atoms with Gasteiger partial charge in [0.15, 0.2) is 11.6 Å². The fourth-order valence-electron chi connectivity index (χ4n) is 4.80. The molecule has 0 unspecified atom stereocenters. The lowest BCUT2D eigenvalue weighted by molar-refractivity contribution is -0.193. The van der Waals surface area contributed by atoms with Gasteiger partial charge < -0.3 is 25.4 Å². The number of halogens is 6. The molecule has 1 fully saturated rings. The average Bonchev–Trinajstić information content (AvgIpc) is 3.79. The fraction of sp³-hybridized carbons (Fsp3) is 0.355. The van der Waals surface area contributed by atoms with E-state index in [2.05, 4.69) is 86.1 Å². The molecule has 15 heteroatoms. The third kappa shape index (κ3) is 9.26. The van der Waals surface area contributed by atoms with Crippen molar-refractivity contribution in [3.8, 4) is 22.8 Å². The summed E-state index contributed by atoms with van der Waals surface area (Å²) in [5.41, 5.74) is 7.79. The maximum atomic E-state index is 10.6. The first-order valence-electron chi connectivity index (χ1n) is 14.3. The lowest BCUT2D eigenvalue weighted by Gasteiger charge is -2.15. The Labute approximate surface area is 259 Å². The first kappa shape index (κ1) is 34.4. The maximum Gasteiger partial charge on any atom is 0.490 e. The molecule has 2 aromatic carbocycles. The van der Waals surface area contributed by atoms with E-state index in [-0.39, 0.29) is 0 Å². The number of carbonyl (C=O) groups is 2. The quantitative estimate of drug-likeness (QED) is 0.249. The second-order valence-corrected chi connectivity index (χ2v) is 10.6. The molecule has 246 valence electrons. The normalized spacial score (nSPS) is 16.6. The molecule has 3 aliphatic rings. The van der Waals surface area contributed by atoms with Crippen LogP contribution in [0.3, 0.4) is 0 Å². The molecule has 0 spiro atoms. The Morgan fingerprint density at radius 1 is 0.652 bits per heavy atom. The summed E-state index contributed by atoms with van der Waals surface area (Å²) >= 11 is 0. The van der Waals surface area contributed by atoms with Crippen molar-refractivity contribution in [1.82, 2.24) is 25.4 Å². The topological polar surface area (TPSA) is 129 Å². The van der Waals surface area contributed by atoms with Gasteiger partial charge in [-0.15, -0.1) is 10.2 Å². The SMILES string of the molecule is C1=C(c2ccc(-c3nnc(-c4ccc(C5=CCNCC5)cc4)n3C3CC3)cc2)CCNC1.O=C(O)C(F)(F)F.O=C(O)C(F)(F)F. The molecule has 2 aliphatic heterocycles. The van der Waals surface area contributed by atoms with Crippen molar-refractivity contribution in [2.45, 2.75) is 44.1 Å². The molecule has 3 aromatic rings. The van der Waals surface area contributed by atoms with E-state index in [9.17, 15) is 26.3 Å². The number of aromatic nitrogens is 3.